The van der Waals surface area contributed by atoms with Crippen molar-refractivity contribution in [3.8, 4) is 22.6 Å². The molecule has 134 valence electrons. The van der Waals surface area contributed by atoms with Crippen LogP contribution < -0.4 is 5.73 Å². The second kappa shape index (κ2) is 6.19. The van der Waals surface area contributed by atoms with Gasteiger partial charge in [-0.05, 0) is 12.1 Å². The smallest absolute Gasteiger partial charge is 0.161 e. The van der Waals surface area contributed by atoms with Gasteiger partial charge in [0.1, 0.15) is 5.76 Å². The lowest BCUT2D eigenvalue weighted by molar-refractivity contribution is 0.269. The number of fused-ring (bicyclic) bond motifs is 2. The van der Waals surface area contributed by atoms with Crippen molar-refractivity contribution in [2.75, 3.05) is 12.3 Å². The summed E-state index contributed by atoms with van der Waals surface area (Å²) in [7, 11) is 0. The summed E-state index contributed by atoms with van der Waals surface area (Å²) in [6, 6.07) is 3.95. The first kappa shape index (κ1) is 16.0. The number of nitrogens with two attached hydrogens (primary N) is 1. The predicted molar refractivity (Wildman–Crippen MR) is 105 cm³/mol. The molecule has 0 fully saturated rings. The average molecular weight is 377 g/mol. The molecule has 0 radical (unpaired) electrons. The largest absolute Gasteiger partial charge is 0.454 e. The lowest BCUT2D eigenvalue weighted by Crippen LogP contribution is -2.01. The molecule has 0 aliphatic rings. The maximum absolute atomic E-state index is 9.09. The van der Waals surface area contributed by atoms with Gasteiger partial charge in [-0.15, -0.1) is 11.3 Å². The van der Waals surface area contributed by atoms with Crippen LogP contribution in [0.15, 0.2) is 52.9 Å². The molecule has 0 spiro atoms. The van der Waals surface area contributed by atoms with E-state index in [0.717, 1.165) is 38.1 Å². The van der Waals surface area contributed by atoms with E-state index in [1.54, 1.807) is 34.6 Å². The van der Waals surface area contributed by atoms with Gasteiger partial charge >= 0.3 is 0 Å². The molecule has 0 aromatic carbocycles. The van der Waals surface area contributed by atoms with Crippen LogP contribution in [0.25, 0.3) is 43.6 Å². The summed E-state index contributed by atoms with van der Waals surface area (Å²) in [5.41, 5.74) is 9.78. The van der Waals surface area contributed by atoms with Gasteiger partial charge < -0.3 is 15.3 Å². The number of aliphatic hydroxyl groups is 1. The Morgan fingerprint density at radius 2 is 2.15 bits per heavy atom. The van der Waals surface area contributed by atoms with Crippen LogP contribution in [0.4, 0.5) is 5.69 Å². The molecular formula is C19H15N5O2S. The molecule has 7 nitrogen and oxygen atoms in total. The summed E-state index contributed by atoms with van der Waals surface area (Å²) in [5, 5.41) is 17.3. The first-order chi connectivity index (χ1) is 13.2. The van der Waals surface area contributed by atoms with E-state index in [9.17, 15) is 0 Å². The van der Waals surface area contributed by atoms with E-state index >= 15 is 0 Å². The lowest BCUT2D eigenvalue weighted by Gasteiger charge is -2.00. The standard InChI is InChI=1S/C19H15N5O2S/c20-15-8-22-18(11-6-23-24(9-11)3-4-25)12-5-16(26-19(12)15)14-10-27-17-1-2-21-7-13(14)17/h1-2,5-10,25H,3-4,20H2. The van der Waals surface area contributed by atoms with Crippen LogP contribution in [0, 0.1) is 0 Å². The Hall–Kier alpha value is -3.23. The molecule has 0 unspecified atom stereocenters. The third-order valence-corrected chi connectivity index (χ3v) is 5.42. The van der Waals surface area contributed by atoms with Gasteiger partial charge in [0.15, 0.2) is 5.58 Å². The Morgan fingerprint density at radius 1 is 1.22 bits per heavy atom. The molecule has 0 atom stereocenters. The summed E-state index contributed by atoms with van der Waals surface area (Å²) in [6.07, 6.45) is 8.80. The molecule has 0 amide bonds. The van der Waals surface area contributed by atoms with E-state index in [2.05, 4.69) is 20.4 Å². The number of pyridine rings is 2. The maximum Gasteiger partial charge on any atom is 0.161 e. The molecule has 3 N–H and O–H groups in total. The zero-order valence-corrected chi connectivity index (χ0v) is 15.0. The Balaban J connectivity index is 1.69. The molecule has 8 heteroatoms. The van der Waals surface area contributed by atoms with Gasteiger partial charge in [0.05, 0.1) is 36.9 Å². The normalized spacial score (nSPS) is 11.6. The summed E-state index contributed by atoms with van der Waals surface area (Å²) < 4.78 is 8.94. The number of thiophene rings is 1. The van der Waals surface area contributed by atoms with Gasteiger partial charge in [-0.1, -0.05) is 0 Å². The minimum Gasteiger partial charge on any atom is -0.454 e. The SMILES string of the molecule is Nc1cnc(-c2cnn(CCO)c2)c2cc(-c3csc4ccncc34)oc12. The summed E-state index contributed by atoms with van der Waals surface area (Å²) in [6.45, 7) is 0.462. The minimum atomic E-state index is 0.0286. The van der Waals surface area contributed by atoms with Gasteiger partial charge in [-0.25, -0.2) is 0 Å². The van der Waals surface area contributed by atoms with Crippen molar-refractivity contribution in [3.63, 3.8) is 0 Å². The number of anilines is 1. The molecule has 0 aliphatic heterocycles. The van der Waals surface area contributed by atoms with Crippen molar-refractivity contribution in [3.05, 3.63) is 48.5 Å². The van der Waals surface area contributed by atoms with E-state index in [0.29, 0.717) is 17.8 Å². The number of aliphatic hydroxyl groups excluding tert-OH is 1. The van der Waals surface area contributed by atoms with Crippen LogP contribution in [-0.4, -0.2) is 31.5 Å². The maximum atomic E-state index is 9.09. The first-order valence-electron chi connectivity index (χ1n) is 8.38. The molecule has 0 saturated carbocycles. The van der Waals surface area contributed by atoms with Gasteiger partial charge in [0.25, 0.3) is 0 Å². The zero-order valence-electron chi connectivity index (χ0n) is 14.2. The van der Waals surface area contributed by atoms with Gasteiger partial charge in [-0.2, -0.15) is 5.10 Å². The highest BCUT2D eigenvalue weighted by molar-refractivity contribution is 7.17. The molecule has 27 heavy (non-hydrogen) atoms. The highest BCUT2D eigenvalue weighted by Crippen LogP contribution is 2.39. The van der Waals surface area contributed by atoms with Crippen LogP contribution >= 0.6 is 11.3 Å². The van der Waals surface area contributed by atoms with Crippen molar-refractivity contribution < 1.29 is 9.52 Å². The Bertz CT molecular complexity index is 1270. The highest BCUT2D eigenvalue weighted by atomic mass is 32.1. The van der Waals surface area contributed by atoms with Gasteiger partial charge in [0, 0.05) is 50.6 Å². The third kappa shape index (κ3) is 2.57. The van der Waals surface area contributed by atoms with E-state index in [1.165, 1.54) is 0 Å². The van der Waals surface area contributed by atoms with Crippen molar-refractivity contribution in [2.45, 2.75) is 6.54 Å². The lowest BCUT2D eigenvalue weighted by atomic mass is 10.1. The minimum absolute atomic E-state index is 0.0286. The second-order valence-electron chi connectivity index (χ2n) is 6.15. The monoisotopic (exact) mass is 377 g/mol. The number of aromatic nitrogens is 4. The van der Waals surface area contributed by atoms with Gasteiger partial charge in [0.2, 0.25) is 0 Å². The van der Waals surface area contributed by atoms with Crippen molar-refractivity contribution in [2.24, 2.45) is 0 Å². The van der Waals surface area contributed by atoms with Crippen molar-refractivity contribution in [1.82, 2.24) is 19.7 Å². The summed E-state index contributed by atoms with van der Waals surface area (Å²) in [4.78, 5) is 8.72. The zero-order chi connectivity index (χ0) is 18.4. The number of hydrogen-bond acceptors (Lipinski definition) is 7. The van der Waals surface area contributed by atoms with E-state index in [1.807, 2.05) is 24.5 Å². The summed E-state index contributed by atoms with van der Waals surface area (Å²) >= 11 is 1.65. The predicted octanol–water partition coefficient (Wildman–Crippen LogP) is 3.54. The molecule has 5 heterocycles. The Labute approximate surface area is 157 Å². The fraction of sp³-hybridized carbons (Fsp3) is 0.105. The molecule has 5 aromatic heterocycles. The van der Waals surface area contributed by atoms with Crippen LogP contribution in [0.3, 0.4) is 0 Å². The average Bonchev–Trinajstić information content (AvgIpc) is 3.40. The number of hydrogen-bond donors (Lipinski definition) is 2. The van der Waals surface area contributed by atoms with Crippen LogP contribution in [0.1, 0.15) is 0 Å². The summed E-state index contributed by atoms with van der Waals surface area (Å²) in [5.74, 6) is 0.730. The van der Waals surface area contributed by atoms with E-state index in [4.69, 9.17) is 15.3 Å². The fourth-order valence-corrected chi connectivity index (χ4v) is 4.10. The number of rotatable bonds is 4. The fourth-order valence-electron chi connectivity index (χ4n) is 3.18. The molecular weight excluding hydrogens is 362 g/mol. The molecule has 0 bridgehead atoms. The first-order valence-corrected chi connectivity index (χ1v) is 9.26. The quantitative estimate of drug-likeness (QED) is 0.496. The molecule has 5 aromatic rings. The van der Waals surface area contributed by atoms with Crippen LogP contribution in [0.2, 0.25) is 0 Å². The van der Waals surface area contributed by atoms with Crippen LogP contribution in [0.5, 0.6) is 0 Å². The van der Waals surface area contributed by atoms with Gasteiger partial charge in [-0.3, -0.25) is 14.6 Å². The van der Waals surface area contributed by atoms with Crippen molar-refractivity contribution >= 4 is 38.1 Å². The topological polar surface area (TPSA) is 103 Å². The van der Waals surface area contributed by atoms with Crippen LogP contribution in [-0.2, 0) is 6.54 Å². The second-order valence-corrected chi connectivity index (χ2v) is 7.06. The van der Waals surface area contributed by atoms with E-state index in [-0.39, 0.29) is 6.61 Å². The number of nitrogen functional groups attached to an aromatic ring is 1. The Kier molecular flexibility index (Phi) is 3.66. The molecule has 0 aliphatic carbocycles. The Morgan fingerprint density at radius 3 is 3.04 bits per heavy atom. The third-order valence-electron chi connectivity index (χ3n) is 4.46. The number of furan rings is 1. The molecule has 0 saturated heterocycles. The molecule has 5 rings (SSSR count). The van der Waals surface area contributed by atoms with Crippen molar-refractivity contribution in [1.29, 1.82) is 0 Å². The van der Waals surface area contributed by atoms with E-state index < -0.39 is 0 Å². The highest BCUT2D eigenvalue weighted by Gasteiger charge is 2.18. The number of nitrogens with zero attached hydrogens (tertiary/aromatic N) is 4.